The standard InChI is InChI=1S/C8H14N6/c1-2-3-12-8(14-9)13-7-4-10-6-11-5-7/h4-6H,2-3,9H2,1H3,(H2,12,13,14). The Morgan fingerprint density at radius 2 is 2.21 bits per heavy atom. The highest BCUT2D eigenvalue weighted by molar-refractivity contribution is 5.92. The number of aliphatic imine (C=N–C) groups is 1. The minimum absolute atomic E-state index is 0.515. The maximum Gasteiger partial charge on any atom is 0.210 e. The summed E-state index contributed by atoms with van der Waals surface area (Å²) >= 11 is 0. The quantitative estimate of drug-likeness (QED) is 0.275. The first-order chi connectivity index (χ1) is 6.86. The minimum Gasteiger partial charge on any atom is -0.323 e. The topological polar surface area (TPSA) is 88.2 Å². The molecule has 0 unspecified atom stereocenters. The Hall–Kier alpha value is -1.69. The summed E-state index contributed by atoms with van der Waals surface area (Å²) in [7, 11) is 0. The zero-order valence-corrected chi connectivity index (χ0v) is 8.07. The number of nitrogens with one attached hydrogen (secondary N) is 2. The molecule has 0 aliphatic rings. The average Bonchev–Trinajstić information content (AvgIpc) is 2.25. The van der Waals surface area contributed by atoms with Crippen molar-refractivity contribution in [3.05, 3.63) is 18.7 Å². The van der Waals surface area contributed by atoms with Crippen LogP contribution in [-0.4, -0.2) is 22.5 Å². The van der Waals surface area contributed by atoms with Crippen molar-refractivity contribution in [2.45, 2.75) is 13.3 Å². The summed E-state index contributed by atoms with van der Waals surface area (Å²) < 4.78 is 0. The lowest BCUT2D eigenvalue weighted by molar-refractivity contribution is 0.905. The molecule has 6 nitrogen and oxygen atoms in total. The van der Waals surface area contributed by atoms with E-state index in [-0.39, 0.29) is 0 Å². The molecule has 1 rings (SSSR count). The molecule has 0 amide bonds. The third-order valence-electron chi connectivity index (χ3n) is 1.45. The van der Waals surface area contributed by atoms with Crippen LogP contribution in [0.4, 0.5) is 5.69 Å². The van der Waals surface area contributed by atoms with Gasteiger partial charge in [-0.05, 0) is 6.42 Å². The van der Waals surface area contributed by atoms with Crippen molar-refractivity contribution < 1.29 is 0 Å². The van der Waals surface area contributed by atoms with Crippen LogP contribution in [0.15, 0.2) is 23.7 Å². The molecule has 0 aliphatic heterocycles. The van der Waals surface area contributed by atoms with Crippen LogP contribution in [0.1, 0.15) is 13.3 Å². The van der Waals surface area contributed by atoms with E-state index in [0.29, 0.717) is 5.96 Å². The van der Waals surface area contributed by atoms with E-state index in [0.717, 1.165) is 18.7 Å². The fraction of sp³-hybridized carbons (Fsp3) is 0.375. The molecule has 14 heavy (non-hydrogen) atoms. The highest BCUT2D eigenvalue weighted by Gasteiger charge is 1.96. The van der Waals surface area contributed by atoms with E-state index in [4.69, 9.17) is 5.84 Å². The monoisotopic (exact) mass is 194 g/mol. The minimum atomic E-state index is 0.515. The van der Waals surface area contributed by atoms with E-state index >= 15 is 0 Å². The van der Waals surface area contributed by atoms with Crippen molar-refractivity contribution in [3.63, 3.8) is 0 Å². The van der Waals surface area contributed by atoms with Crippen LogP contribution in [0.25, 0.3) is 0 Å². The maximum atomic E-state index is 5.28. The van der Waals surface area contributed by atoms with E-state index in [1.807, 2.05) is 6.92 Å². The first kappa shape index (κ1) is 10.4. The van der Waals surface area contributed by atoms with Crippen molar-refractivity contribution in [2.24, 2.45) is 10.8 Å². The van der Waals surface area contributed by atoms with Gasteiger partial charge in [0.05, 0.1) is 18.1 Å². The van der Waals surface area contributed by atoms with Crippen molar-refractivity contribution in [1.82, 2.24) is 15.4 Å². The number of hydrogen-bond donors (Lipinski definition) is 3. The smallest absolute Gasteiger partial charge is 0.210 e. The Morgan fingerprint density at radius 3 is 2.79 bits per heavy atom. The van der Waals surface area contributed by atoms with Gasteiger partial charge < -0.3 is 5.32 Å². The zero-order valence-electron chi connectivity index (χ0n) is 8.07. The van der Waals surface area contributed by atoms with Gasteiger partial charge in [0.1, 0.15) is 6.33 Å². The molecule has 0 saturated carbocycles. The van der Waals surface area contributed by atoms with Gasteiger partial charge in [-0.1, -0.05) is 6.92 Å². The van der Waals surface area contributed by atoms with Crippen molar-refractivity contribution in [3.8, 4) is 0 Å². The molecular weight excluding hydrogens is 180 g/mol. The van der Waals surface area contributed by atoms with Crippen LogP contribution < -0.4 is 16.6 Å². The largest absolute Gasteiger partial charge is 0.323 e. The summed E-state index contributed by atoms with van der Waals surface area (Å²) in [6, 6.07) is 0. The molecule has 0 saturated heterocycles. The molecule has 0 atom stereocenters. The Balaban J connectivity index is 2.57. The Morgan fingerprint density at radius 1 is 1.50 bits per heavy atom. The van der Waals surface area contributed by atoms with Crippen LogP contribution >= 0.6 is 0 Å². The summed E-state index contributed by atoms with van der Waals surface area (Å²) in [5, 5.41) is 2.95. The number of hydrogen-bond acceptors (Lipinski definition) is 4. The molecule has 0 spiro atoms. The van der Waals surface area contributed by atoms with Gasteiger partial charge in [0.2, 0.25) is 5.96 Å². The molecule has 0 aromatic carbocycles. The normalized spacial score (nSPS) is 11.1. The molecule has 1 aromatic rings. The van der Waals surface area contributed by atoms with E-state index in [1.54, 1.807) is 12.4 Å². The van der Waals surface area contributed by atoms with E-state index in [9.17, 15) is 0 Å². The average molecular weight is 194 g/mol. The predicted octanol–water partition coefficient (Wildman–Crippen LogP) is 0.118. The second-order valence-corrected chi connectivity index (χ2v) is 2.63. The van der Waals surface area contributed by atoms with E-state index in [1.165, 1.54) is 6.33 Å². The van der Waals surface area contributed by atoms with Crippen LogP contribution in [-0.2, 0) is 0 Å². The van der Waals surface area contributed by atoms with Gasteiger partial charge in [-0.25, -0.2) is 15.8 Å². The van der Waals surface area contributed by atoms with E-state index < -0.39 is 0 Å². The molecule has 76 valence electrons. The summed E-state index contributed by atoms with van der Waals surface area (Å²) in [5.41, 5.74) is 3.22. The van der Waals surface area contributed by atoms with Crippen molar-refractivity contribution in [2.75, 3.05) is 11.9 Å². The number of hydrazine groups is 1. The Bertz CT molecular complexity index is 283. The van der Waals surface area contributed by atoms with Gasteiger partial charge in [0, 0.05) is 6.54 Å². The number of rotatable bonds is 3. The van der Waals surface area contributed by atoms with E-state index in [2.05, 4.69) is 25.7 Å². The first-order valence-corrected chi connectivity index (χ1v) is 4.40. The van der Waals surface area contributed by atoms with Gasteiger partial charge in [-0.15, -0.1) is 0 Å². The van der Waals surface area contributed by atoms with Gasteiger partial charge >= 0.3 is 0 Å². The molecule has 0 radical (unpaired) electrons. The Kier molecular flexibility index (Phi) is 4.36. The molecule has 4 N–H and O–H groups in total. The number of anilines is 1. The first-order valence-electron chi connectivity index (χ1n) is 4.40. The van der Waals surface area contributed by atoms with Crippen LogP contribution in [0.5, 0.6) is 0 Å². The Labute approximate surface area is 82.6 Å². The fourth-order valence-electron chi connectivity index (χ4n) is 0.845. The van der Waals surface area contributed by atoms with Crippen LogP contribution in [0, 0.1) is 0 Å². The highest BCUT2D eigenvalue weighted by Crippen LogP contribution is 1.99. The molecule has 0 aliphatic carbocycles. The lowest BCUT2D eigenvalue weighted by atomic mass is 10.5. The van der Waals surface area contributed by atoms with Gasteiger partial charge in [-0.2, -0.15) is 0 Å². The van der Waals surface area contributed by atoms with Crippen molar-refractivity contribution in [1.29, 1.82) is 0 Å². The lowest BCUT2D eigenvalue weighted by Gasteiger charge is -2.07. The molecule has 6 heteroatoms. The van der Waals surface area contributed by atoms with Gasteiger partial charge in [0.25, 0.3) is 0 Å². The van der Waals surface area contributed by atoms with Gasteiger partial charge in [0.15, 0.2) is 0 Å². The summed E-state index contributed by atoms with van der Waals surface area (Å²) in [4.78, 5) is 11.9. The third-order valence-corrected chi connectivity index (χ3v) is 1.45. The highest BCUT2D eigenvalue weighted by atomic mass is 15.3. The van der Waals surface area contributed by atoms with Gasteiger partial charge in [-0.3, -0.25) is 10.4 Å². The molecular formula is C8H14N6. The predicted molar refractivity (Wildman–Crippen MR) is 55.6 cm³/mol. The number of guanidine groups is 1. The third kappa shape index (κ3) is 3.36. The zero-order chi connectivity index (χ0) is 10.2. The second-order valence-electron chi connectivity index (χ2n) is 2.63. The second kappa shape index (κ2) is 5.87. The maximum absolute atomic E-state index is 5.28. The fourth-order valence-corrected chi connectivity index (χ4v) is 0.845. The molecule has 0 bridgehead atoms. The van der Waals surface area contributed by atoms with Crippen LogP contribution in [0.3, 0.4) is 0 Å². The number of nitrogens with two attached hydrogens (primary N) is 1. The molecule has 1 aromatic heterocycles. The summed E-state index contributed by atoms with van der Waals surface area (Å²) in [6.07, 6.45) is 5.72. The van der Waals surface area contributed by atoms with Crippen LogP contribution in [0.2, 0.25) is 0 Å². The SMILES string of the molecule is CCCN=C(NN)Nc1cncnc1. The molecule has 0 fully saturated rings. The number of nitrogens with zero attached hydrogens (tertiary/aromatic N) is 3. The summed E-state index contributed by atoms with van der Waals surface area (Å²) in [6.45, 7) is 2.77. The molecule has 1 heterocycles. The van der Waals surface area contributed by atoms with Crippen molar-refractivity contribution >= 4 is 11.6 Å². The summed E-state index contributed by atoms with van der Waals surface area (Å²) in [5.74, 6) is 5.79. The number of aromatic nitrogens is 2. The lowest BCUT2D eigenvalue weighted by Crippen LogP contribution is -2.36.